The van der Waals surface area contributed by atoms with Crippen LogP contribution in [0.15, 0.2) is 23.1 Å². The number of rotatable bonds is 8. The van der Waals surface area contributed by atoms with Crippen LogP contribution in [0.5, 0.6) is 0 Å². The van der Waals surface area contributed by atoms with Gasteiger partial charge >= 0.3 is 0 Å². The van der Waals surface area contributed by atoms with E-state index in [2.05, 4.69) is 10.0 Å². The van der Waals surface area contributed by atoms with Crippen LogP contribution >= 0.6 is 0 Å². The molecule has 2 rings (SSSR count). The number of non-ortho nitro benzene ring substituents is 1. The van der Waals surface area contributed by atoms with Gasteiger partial charge in [0.1, 0.15) is 0 Å². The van der Waals surface area contributed by atoms with Gasteiger partial charge in [-0.25, -0.2) is 13.1 Å². The van der Waals surface area contributed by atoms with E-state index in [1.165, 1.54) is 12.1 Å². The number of aryl methyl sites for hydroxylation is 1. The molecule has 1 aliphatic heterocycles. The third-order valence-electron chi connectivity index (χ3n) is 4.68. The number of sulfonamides is 1. The number of hydrogen-bond acceptors (Lipinski definition) is 6. The van der Waals surface area contributed by atoms with E-state index in [-0.39, 0.29) is 22.5 Å². The van der Waals surface area contributed by atoms with Gasteiger partial charge in [0, 0.05) is 31.2 Å². The summed E-state index contributed by atoms with van der Waals surface area (Å²) in [6.45, 7) is 4.15. The van der Waals surface area contributed by atoms with Crippen LogP contribution < -0.4 is 10.0 Å². The lowest BCUT2D eigenvalue weighted by Gasteiger charge is -2.37. The molecular formula is C16H25N3O5S. The third kappa shape index (κ3) is 4.75. The summed E-state index contributed by atoms with van der Waals surface area (Å²) >= 11 is 0. The lowest BCUT2D eigenvalue weighted by molar-refractivity contribution is -0.385. The van der Waals surface area contributed by atoms with Gasteiger partial charge in [0.2, 0.25) is 10.0 Å². The largest absolute Gasteiger partial charge is 0.384 e. The quantitative estimate of drug-likeness (QED) is 0.529. The van der Waals surface area contributed by atoms with Gasteiger partial charge in [0.05, 0.1) is 16.4 Å². The van der Waals surface area contributed by atoms with Crippen molar-refractivity contribution in [2.75, 3.05) is 33.4 Å². The molecule has 1 saturated heterocycles. The smallest absolute Gasteiger partial charge is 0.270 e. The molecule has 8 nitrogen and oxygen atoms in total. The fourth-order valence-electron chi connectivity index (χ4n) is 3.16. The topological polar surface area (TPSA) is 111 Å². The molecule has 0 unspecified atom stereocenters. The average molecular weight is 371 g/mol. The van der Waals surface area contributed by atoms with E-state index in [1.54, 1.807) is 7.11 Å². The van der Waals surface area contributed by atoms with Crippen molar-refractivity contribution in [2.45, 2.75) is 31.1 Å². The normalized spacial score (nSPS) is 17.4. The number of nitro groups is 1. The van der Waals surface area contributed by atoms with Crippen molar-refractivity contribution >= 4 is 15.7 Å². The number of hydrogen-bond donors (Lipinski definition) is 2. The van der Waals surface area contributed by atoms with Gasteiger partial charge in [0.15, 0.2) is 0 Å². The molecule has 0 amide bonds. The minimum Gasteiger partial charge on any atom is -0.384 e. The molecule has 0 spiro atoms. The predicted molar refractivity (Wildman–Crippen MR) is 94.1 cm³/mol. The molecule has 0 aliphatic carbocycles. The molecule has 0 radical (unpaired) electrons. The second-order valence-electron chi connectivity index (χ2n) is 6.41. The molecule has 1 heterocycles. The molecule has 0 atom stereocenters. The predicted octanol–water partition coefficient (Wildman–Crippen LogP) is 1.45. The lowest BCUT2D eigenvalue weighted by Crippen LogP contribution is -2.47. The van der Waals surface area contributed by atoms with Crippen molar-refractivity contribution in [3.8, 4) is 0 Å². The van der Waals surface area contributed by atoms with E-state index in [0.717, 1.165) is 32.0 Å². The Bertz CT molecular complexity index is 709. The van der Waals surface area contributed by atoms with Crippen LogP contribution in [0.4, 0.5) is 5.69 Å². The van der Waals surface area contributed by atoms with Crippen LogP contribution in [0, 0.1) is 15.5 Å². The highest BCUT2D eigenvalue weighted by atomic mass is 32.2. The SMILES string of the molecule is CCc1ccc([N+](=O)[O-])cc1S(=O)(=O)NCC1(COC)CCNCC1. The van der Waals surface area contributed by atoms with Gasteiger partial charge in [-0.3, -0.25) is 10.1 Å². The highest BCUT2D eigenvalue weighted by molar-refractivity contribution is 7.89. The van der Waals surface area contributed by atoms with Gasteiger partial charge in [-0.2, -0.15) is 0 Å². The number of nitrogens with one attached hydrogen (secondary N) is 2. The van der Waals surface area contributed by atoms with Gasteiger partial charge < -0.3 is 10.1 Å². The maximum Gasteiger partial charge on any atom is 0.270 e. The average Bonchev–Trinajstić information content (AvgIpc) is 2.60. The molecular weight excluding hydrogens is 346 g/mol. The van der Waals surface area contributed by atoms with Crippen LogP contribution in [0.25, 0.3) is 0 Å². The standard InChI is InChI=1S/C16H25N3O5S/c1-3-13-4-5-14(19(20)21)10-15(13)25(22,23)18-11-16(12-24-2)6-8-17-9-7-16/h4-5,10,17-18H,3,6-9,11-12H2,1-2H3. The summed E-state index contributed by atoms with van der Waals surface area (Å²) in [5, 5.41) is 14.2. The van der Waals surface area contributed by atoms with Crippen molar-refractivity contribution in [1.82, 2.24) is 10.0 Å². The van der Waals surface area contributed by atoms with Gasteiger partial charge in [-0.05, 0) is 37.9 Å². The first kappa shape index (κ1) is 19.8. The van der Waals surface area contributed by atoms with Crippen LogP contribution in [0.2, 0.25) is 0 Å². The highest BCUT2D eigenvalue weighted by Gasteiger charge is 2.34. The Morgan fingerprint density at radius 2 is 2.04 bits per heavy atom. The Kier molecular flexibility index (Phi) is 6.50. The van der Waals surface area contributed by atoms with E-state index in [4.69, 9.17) is 4.74 Å². The fourth-order valence-corrected chi connectivity index (χ4v) is 4.65. The molecule has 9 heteroatoms. The molecule has 2 N–H and O–H groups in total. The Morgan fingerprint density at radius 3 is 2.60 bits per heavy atom. The van der Waals surface area contributed by atoms with E-state index in [9.17, 15) is 18.5 Å². The zero-order valence-corrected chi connectivity index (χ0v) is 15.4. The second-order valence-corrected chi connectivity index (χ2v) is 8.15. The monoisotopic (exact) mass is 371 g/mol. The van der Waals surface area contributed by atoms with Crippen LogP contribution in [0.3, 0.4) is 0 Å². The summed E-state index contributed by atoms with van der Waals surface area (Å²) in [7, 11) is -2.24. The van der Waals surface area contributed by atoms with Crippen molar-refractivity contribution in [2.24, 2.45) is 5.41 Å². The van der Waals surface area contributed by atoms with Crippen molar-refractivity contribution in [1.29, 1.82) is 0 Å². The molecule has 0 aromatic heterocycles. The number of benzene rings is 1. The fraction of sp³-hybridized carbons (Fsp3) is 0.625. The van der Waals surface area contributed by atoms with Crippen LogP contribution in [-0.2, 0) is 21.2 Å². The first-order chi connectivity index (χ1) is 11.8. The highest BCUT2D eigenvalue weighted by Crippen LogP contribution is 2.29. The zero-order chi connectivity index (χ0) is 18.5. The lowest BCUT2D eigenvalue weighted by atomic mass is 9.80. The summed E-state index contributed by atoms with van der Waals surface area (Å²) in [4.78, 5) is 10.4. The van der Waals surface area contributed by atoms with Gasteiger partial charge in [-0.15, -0.1) is 0 Å². The first-order valence-corrected chi connectivity index (χ1v) is 9.78. The summed E-state index contributed by atoms with van der Waals surface area (Å²) in [5.74, 6) is 0. The number of nitro benzene ring substituents is 1. The Balaban J connectivity index is 2.26. The Morgan fingerprint density at radius 1 is 1.36 bits per heavy atom. The summed E-state index contributed by atoms with van der Waals surface area (Å²) in [5.41, 5.74) is 0.0652. The molecule has 1 aromatic carbocycles. The van der Waals surface area contributed by atoms with E-state index in [0.29, 0.717) is 18.6 Å². The van der Waals surface area contributed by atoms with Crippen molar-refractivity contribution in [3.05, 3.63) is 33.9 Å². The maximum absolute atomic E-state index is 12.8. The molecule has 25 heavy (non-hydrogen) atoms. The maximum atomic E-state index is 12.8. The molecule has 0 bridgehead atoms. The molecule has 1 aromatic rings. The van der Waals surface area contributed by atoms with E-state index >= 15 is 0 Å². The molecule has 140 valence electrons. The van der Waals surface area contributed by atoms with Crippen LogP contribution in [0.1, 0.15) is 25.3 Å². The van der Waals surface area contributed by atoms with Gasteiger partial charge in [-0.1, -0.05) is 13.0 Å². The molecule has 0 saturated carbocycles. The second kappa shape index (κ2) is 8.22. The minimum atomic E-state index is -3.85. The number of nitrogens with zero attached hydrogens (tertiary/aromatic N) is 1. The zero-order valence-electron chi connectivity index (χ0n) is 14.6. The summed E-state index contributed by atoms with van der Waals surface area (Å²) in [6, 6.07) is 3.96. The Labute approximate surface area is 148 Å². The number of ether oxygens (including phenoxy) is 1. The summed E-state index contributed by atoms with van der Waals surface area (Å²) in [6.07, 6.45) is 2.08. The third-order valence-corrected chi connectivity index (χ3v) is 6.17. The van der Waals surface area contributed by atoms with Gasteiger partial charge in [0.25, 0.3) is 5.69 Å². The number of piperidine rings is 1. The van der Waals surface area contributed by atoms with Crippen molar-refractivity contribution in [3.63, 3.8) is 0 Å². The van der Waals surface area contributed by atoms with E-state index < -0.39 is 14.9 Å². The molecule has 1 fully saturated rings. The number of methoxy groups -OCH3 is 1. The minimum absolute atomic E-state index is 0.0225. The van der Waals surface area contributed by atoms with Crippen molar-refractivity contribution < 1.29 is 18.1 Å². The molecule has 1 aliphatic rings. The summed E-state index contributed by atoms with van der Waals surface area (Å²) < 4.78 is 33.5. The Hall–Kier alpha value is -1.55. The van der Waals surface area contributed by atoms with Crippen LogP contribution in [-0.4, -0.2) is 46.7 Å². The first-order valence-electron chi connectivity index (χ1n) is 8.30. The van der Waals surface area contributed by atoms with E-state index in [1.807, 2.05) is 6.92 Å².